The number of hydrogen-bond donors (Lipinski definition) is 2. The number of aryl methyl sites for hydroxylation is 2. The van der Waals surface area contributed by atoms with Gasteiger partial charge in [-0.3, -0.25) is 9.59 Å². The fraction of sp³-hybridized carbons (Fsp3) is 0.120. The average molecular weight is 397 g/mol. The molecule has 0 aliphatic rings. The summed E-state index contributed by atoms with van der Waals surface area (Å²) in [5.41, 5.74) is 11.1. The van der Waals surface area contributed by atoms with Gasteiger partial charge in [0.1, 0.15) is 5.69 Å². The number of fused-ring (bicyclic) bond motifs is 1. The van der Waals surface area contributed by atoms with Gasteiger partial charge in [0.2, 0.25) is 5.78 Å². The van der Waals surface area contributed by atoms with Crippen LogP contribution in [0.4, 0.5) is 11.4 Å². The zero-order valence-electron chi connectivity index (χ0n) is 17.0. The normalized spacial score (nSPS) is 10.9. The number of rotatable bonds is 5. The number of pyridine rings is 1. The van der Waals surface area contributed by atoms with Gasteiger partial charge in [-0.1, -0.05) is 61.0 Å². The van der Waals surface area contributed by atoms with Crippen molar-refractivity contribution >= 4 is 28.6 Å². The minimum atomic E-state index is -0.333. The van der Waals surface area contributed by atoms with Gasteiger partial charge in [0.25, 0.3) is 5.91 Å². The lowest BCUT2D eigenvalue weighted by Gasteiger charge is -2.10. The Hall–Kier alpha value is -3.86. The molecule has 0 bridgehead atoms. The van der Waals surface area contributed by atoms with Gasteiger partial charge in [0, 0.05) is 17.4 Å². The van der Waals surface area contributed by atoms with Gasteiger partial charge in [-0.25, -0.2) is 0 Å². The maximum Gasteiger partial charge on any atom is 0.259 e. The first kappa shape index (κ1) is 19.5. The molecule has 5 nitrogen and oxygen atoms in total. The van der Waals surface area contributed by atoms with E-state index in [0.717, 1.165) is 23.2 Å². The van der Waals surface area contributed by atoms with Crippen molar-refractivity contribution in [2.75, 3.05) is 11.1 Å². The molecular formula is C25H23N3O2. The molecule has 0 fully saturated rings. The summed E-state index contributed by atoms with van der Waals surface area (Å²) in [6, 6.07) is 20.4. The summed E-state index contributed by atoms with van der Waals surface area (Å²) < 4.78 is 1.69. The van der Waals surface area contributed by atoms with Gasteiger partial charge in [0.05, 0.1) is 16.8 Å². The molecule has 0 spiro atoms. The second-order valence-corrected chi connectivity index (χ2v) is 7.25. The SMILES string of the molecule is CCc1ccccc1NC(=O)c1c(N)c(C(=O)c2ccc(C)cc2)n2ccccc12. The Morgan fingerprint density at radius 1 is 0.967 bits per heavy atom. The van der Waals surface area contributed by atoms with Crippen LogP contribution in [0.5, 0.6) is 0 Å². The Kier molecular flexibility index (Phi) is 5.11. The van der Waals surface area contributed by atoms with E-state index in [1.807, 2.05) is 62.4 Å². The number of anilines is 2. The number of ketones is 1. The van der Waals surface area contributed by atoms with E-state index in [0.29, 0.717) is 22.3 Å². The highest BCUT2D eigenvalue weighted by Crippen LogP contribution is 2.29. The van der Waals surface area contributed by atoms with Crippen LogP contribution in [0, 0.1) is 6.92 Å². The number of nitrogens with one attached hydrogen (secondary N) is 1. The molecule has 0 aliphatic heterocycles. The predicted molar refractivity (Wildman–Crippen MR) is 120 cm³/mol. The fourth-order valence-electron chi connectivity index (χ4n) is 3.68. The average Bonchev–Trinajstić information content (AvgIpc) is 3.06. The Balaban J connectivity index is 1.81. The number of aromatic nitrogens is 1. The molecule has 150 valence electrons. The molecule has 0 saturated carbocycles. The van der Waals surface area contributed by atoms with Crippen molar-refractivity contribution in [2.45, 2.75) is 20.3 Å². The summed E-state index contributed by atoms with van der Waals surface area (Å²) in [6.07, 6.45) is 2.55. The summed E-state index contributed by atoms with van der Waals surface area (Å²) in [5, 5.41) is 2.97. The molecule has 1 amide bonds. The Bertz CT molecular complexity index is 1250. The van der Waals surface area contributed by atoms with E-state index in [1.54, 1.807) is 28.8 Å². The van der Waals surface area contributed by atoms with Crippen LogP contribution in [-0.4, -0.2) is 16.1 Å². The van der Waals surface area contributed by atoms with Crippen molar-refractivity contribution in [3.63, 3.8) is 0 Å². The summed E-state index contributed by atoms with van der Waals surface area (Å²) in [6.45, 7) is 4.00. The maximum absolute atomic E-state index is 13.3. The second-order valence-electron chi connectivity index (χ2n) is 7.25. The molecule has 0 atom stereocenters. The highest BCUT2D eigenvalue weighted by molar-refractivity contribution is 6.20. The molecule has 2 heterocycles. The van der Waals surface area contributed by atoms with Crippen LogP contribution >= 0.6 is 0 Å². The first-order valence-electron chi connectivity index (χ1n) is 9.90. The van der Waals surface area contributed by atoms with E-state index in [4.69, 9.17) is 5.73 Å². The van der Waals surface area contributed by atoms with E-state index in [-0.39, 0.29) is 17.4 Å². The Morgan fingerprint density at radius 2 is 1.67 bits per heavy atom. The number of para-hydroxylation sites is 1. The molecule has 2 aromatic heterocycles. The monoisotopic (exact) mass is 397 g/mol. The minimum Gasteiger partial charge on any atom is -0.396 e. The summed E-state index contributed by atoms with van der Waals surface area (Å²) in [5.74, 6) is -0.554. The fourth-order valence-corrected chi connectivity index (χ4v) is 3.68. The standard InChI is InChI=1S/C25H23N3O2/c1-3-17-8-4-5-9-19(17)27-25(30)21-20-10-6-7-15-28(20)23(22(21)26)24(29)18-13-11-16(2)12-14-18/h4-15H,3,26H2,1-2H3,(H,27,30). The van der Waals surface area contributed by atoms with E-state index in [2.05, 4.69) is 5.32 Å². The number of amides is 1. The molecule has 2 aromatic carbocycles. The smallest absolute Gasteiger partial charge is 0.259 e. The van der Waals surface area contributed by atoms with E-state index < -0.39 is 0 Å². The molecule has 4 rings (SSSR count). The van der Waals surface area contributed by atoms with Gasteiger partial charge in [-0.15, -0.1) is 0 Å². The Morgan fingerprint density at radius 3 is 2.40 bits per heavy atom. The summed E-state index contributed by atoms with van der Waals surface area (Å²) in [4.78, 5) is 26.5. The quantitative estimate of drug-likeness (QED) is 0.472. The number of benzene rings is 2. The minimum absolute atomic E-state index is 0.179. The summed E-state index contributed by atoms with van der Waals surface area (Å²) in [7, 11) is 0. The van der Waals surface area contributed by atoms with E-state index in [1.165, 1.54) is 0 Å². The molecule has 0 saturated heterocycles. The van der Waals surface area contributed by atoms with Crippen molar-refractivity contribution in [2.24, 2.45) is 0 Å². The first-order valence-corrected chi connectivity index (χ1v) is 9.90. The van der Waals surface area contributed by atoms with Gasteiger partial charge in [0.15, 0.2) is 0 Å². The zero-order valence-corrected chi connectivity index (χ0v) is 17.0. The van der Waals surface area contributed by atoms with Crippen molar-refractivity contribution in [1.29, 1.82) is 0 Å². The Labute approximate surface area is 175 Å². The van der Waals surface area contributed by atoms with Gasteiger partial charge >= 0.3 is 0 Å². The molecule has 0 unspecified atom stereocenters. The molecular weight excluding hydrogens is 374 g/mol. The van der Waals surface area contributed by atoms with Crippen LogP contribution in [0.3, 0.4) is 0 Å². The lowest BCUT2D eigenvalue weighted by Crippen LogP contribution is -2.15. The van der Waals surface area contributed by atoms with Crippen LogP contribution < -0.4 is 11.1 Å². The summed E-state index contributed by atoms with van der Waals surface area (Å²) >= 11 is 0. The lowest BCUT2D eigenvalue weighted by atomic mass is 10.0. The van der Waals surface area contributed by atoms with Crippen LogP contribution in [0.15, 0.2) is 72.9 Å². The molecule has 0 aliphatic carbocycles. The predicted octanol–water partition coefficient (Wildman–Crippen LogP) is 4.88. The van der Waals surface area contributed by atoms with Crippen molar-refractivity contribution in [3.8, 4) is 0 Å². The van der Waals surface area contributed by atoms with Crippen LogP contribution in [0.2, 0.25) is 0 Å². The molecule has 0 radical (unpaired) electrons. The van der Waals surface area contributed by atoms with Gasteiger partial charge < -0.3 is 15.5 Å². The van der Waals surface area contributed by atoms with Crippen molar-refractivity contribution < 1.29 is 9.59 Å². The number of nitrogens with two attached hydrogens (primary N) is 1. The molecule has 4 aromatic rings. The third kappa shape index (κ3) is 3.35. The maximum atomic E-state index is 13.3. The number of carbonyl (C=O) groups is 2. The number of carbonyl (C=O) groups excluding carboxylic acids is 2. The van der Waals surface area contributed by atoms with E-state index >= 15 is 0 Å². The number of nitrogen functional groups attached to an aromatic ring is 1. The van der Waals surface area contributed by atoms with Gasteiger partial charge in [-0.2, -0.15) is 0 Å². The molecule has 3 N–H and O–H groups in total. The highest BCUT2D eigenvalue weighted by Gasteiger charge is 2.26. The molecule has 5 heteroatoms. The van der Waals surface area contributed by atoms with Crippen LogP contribution in [0.1, 0.15) is 44.5 Å². The van der Waals surface area contributed by atoms with Gasteiger partial charge in [-0.05, 0) is 37.1 Å². The zero-order chi connectivity index (χ0) is 21.3. The lowest BCUT2D eigenvalue weighted by molar-refractivity contribution is 0.102. The third-order valence-electron chi connectivity index (χ3n) is 5.28. The topological polar surface area (TPSA) is 76.6 Å². The third-order valence-corrected chi connectivity index (χ3v) is 5.28. The first-order chi connectivity index (χ1) is 14.5. The van der Waals surface area contributed by atoms with E-state index in [9.17, 15) is 9.59 Å². The largest absolute Gasteiger partial charge is 0.396 e. The van der Waals surface area contributed by atoms with Crippen LogP contribution in [-0.2, 0) is 6.42 Å². The van der Waals surface area contributed by atoms with Crippen LogP contribution in [0.25, 0.3) is 5.52 Å². The van der Waals surface area contributed by atoms with Crippen molar-refractivity contribution in [3.05, 3.63) is 101 Å². The second kappa shape index (κ2) is 7.87. The number of nitrogens with zero attached hydrogens (tertiary/aromatic N) is 1. The molecule has 30 heavy (non-hydrogen) atoms. The number of hydrogen-bond acceptors (Lipinski definition) is 3. The highest BCUT2D eigenvalue weighted by atomic mass is 16.2. The van der Waals surface area contributed by atoms with Crippen molar-refractivity contribution in [1.82, 2.24) is 4.40 Å².